The highest BCUT2D eigenvalue weighted by atomic mass is 32.2. The number of aliphatic carboxylic acids is 1. The van der Waals surface area contributed by atoms with Gasteiger partial charge in [-0.3, -0.25) is 14.1 Å². The van der Waals surface area contributed by atoms with E-state index in [2.05, 4.69) is 31.0 Å². The van der Waals surface area contributed by atoms with Crippen molar-refractivity contribution in [3.63, 3.8) is 0 Å². The van der Waals surface area contributed by atoms with Crippen molar-refractivity contribution < 1.29 is 37.3 Å². The molecule has 0 bridgehead atoms. The van der Waals surface area contributed by atoms with Crippen LogP contribution in [0.15, 0.2) is 16.7 Å². The van der Waals surface area contributed by atoms with Crippen LogP contribution in [0.4, 0.5) is 5.13 Å². The van der Waals surface area contributed by atoms with E-state index in [9.17, 15) is 32.5 Å². The van der Waals surface area contributed by atoms with Gasteiger partial charge in [0.2, 0.25) is 5.60 Å². The fourth-order valence-electron chi connectivity index (χ4n) is 4.29. The van der Waals surface area contributed by atoms with Gasteiger partial charge in [0, 0.05) is 36.9 Å². The van der Waals surface area contributed by atoms with E-state index in [1.54, 1.807) is 0 Å². The van der Waals surface area contributed by atoms with E-state index in [0.29, 0.717) is 12.2 Å². The molecule has 216 valence electrons. The number of carboxylic acids is 1. The van der Waals surface area contributed by atoms with Crippen molar-refractivity contribution in [2.24, 2.45) is 10.9 Å². The van der Waals surface area contributed by atoms with E-state index in [1.807, 2.05) is 0 Å². The Morgan fingerprint density at radius 2 is 2.05 bits per heavy atom. The SMILES string of the molecule is Nc1nc(/C(=N/OC2(C(=O)O)CC2)C(=O)N[C@@H]2C(=O)N(S(=O)(=O)O)[C@@H]2Cn2ncc(CNC3CC(N)C3)n2)cs1. The molecule has 5 rings (SSSR count). The molecule has 18 nitrogen and oxygen atoms in total. The Morgan fingerprint density at radius 1 is 1.32 bits per heavy atom. The molecule has 0 spiro atoms. The number of oxime groups is 1. The molecular formula is C20H26N10O8S2. The van der Waals surface area contributed by atoms with Crippen molar-refractivity contribution in [2.75, 3.05) is 5.73 Å². The number of anilines is 1. The monoisotopic (exact) mass is 598 g/mol. The highest BCUT2D eigenvalue weighted by molar-refractivity contribution is 7.84. The van der Waals surface area contributed by atoms with Crippen LogP contribution in [-0.4, -0.2) is 95.6 Å². The van der Waals surface area contributed by atoms with Gasteiger partial charge in [-0.25, -0.2) is 14.1 Å². The minimum atomic E-state index is -4.98. The van der Waals surface area contributed by atoms with Crippen LogP contribution in [0.3, 0.4) is 0 Å². The third kappa shape index (κ3) is 5.61. The van der Waals surface area contributed by atoms with Gasteiger partial charge in [0.15, 0.2) is 10.8 Å². The van der Waals surface area contributed by atoms with Gasteiger partial charge in [0.25, 0.3) is 11.8 Å². The van der Waals surface area contributed by atoms with Gasteiger partial charge in [-0.2, -0.15) is 23.4 Å². The van der Waals surface area contributed by atoms with E-state index in [0.717, 1.165) is 29.0 Å². The van der Waals surface area contributed by atoms with Crippen molar-refractivity contribution in [1.82, 2.24) is 34.9 Å². The lowest BCUT2D eigenvalue weighted by atomic mass is 9.88. The van der Waals surface area contributed by atoms with Crippen molar-refractivity contribution in [3.8, 4) is 0 Å². The number of amides is 2. The number of hydrogen-bond acceptors (Lipinski definition) is 14. The number of carbonyl (C=O) groups is 3. The number of nitrogens with zero attached hydrogens (tertiary/aromatic N) is 6. The van der Waals surface area contributed by atoms with Crippen LogP contribution in [-0.2, 0) is 42.6 Å². The van der Waals surface area contributed by atoms with Crippen LogP contribution in [0.2, 0.25) is 0 Å². The molecule has 2 atom stereocenters. The minimum absolute atomic E-state index is 0.0468. The standard InChI is InChI=1S/C20H26N10O8S2/c21-9-3-10(4-9)23-5-11-6-24-29(27-11)7-13-15(17(32)30(13)40(35,36)37)26-16(31)14(12-8-39-19(22)25-12)28-38-20(1-2-20)18(33)34/h6,8-10,13,15,23H,1-5,7,21H2,(H2,22,25)(H,26,31)(H,33,34)(H,35,36,37)/b28-14-/t9?,10?,13-,15+/m1/s1. The second kappa shape index (κ2) is 10.4. The van der Waals surface area contributed by atoms with Gasteiger partial charge >= 0.3 is 16.3 Å². The molecule has 40 heavy (non-hydrogen) atoms. The number of rotatable bonds is 12. The summed E-state index contributed by atoms with van der Waals surface area (Å²) in [6, 6.07) is -2.30. The largest absolute Gasteiger partial charge is 0.478 e. The van der Waals surface area contributed by atoms with Crippen molar-refractivity contribution in [3.05, 3.63) is 23.0 Å². The molecule has 2 aromatic rings. The van der Waals surface area contributed by atoms with Gasteiger partial charge in [-0.15, -0.1) is 11.3 Å². The predicted molar refractivity (Wildman–Crippen MR) is 136 cm³/mol. The van der Waals surface area contributed by atoms with Crippen LogP contribution in [0, 0.1) is 0 Å². The van der Waals surface area contributed by atoms with E-state index < -0.39 is 51.5 Å². The van der Waals surface area contributed by atoms with Crippen LogP contribution in [0.5, 0.6) is 0 Å². The summed E-state index contributed by atoms with van der Waals surface area (Å²) >= 11 is 0.979. The van der Waals surface area contributed by atoms with Gasteiger partial charge in [-0.05, 0) is 12.8 Å². The number of nitrogens with two attached hydrogens (primary N) is 2. The molecule has 2 aliphatic carbocycles. The second-order valence-electron chi connectivity index (χ2n) is 9.73. The summed E-state index contributed by atoms with van der Waals surface area (Å²) in [4.78, 5) is 47.6. The molecule has 0 radical (unpaired) electrons. The van der Waals surface area contributed by atoms with E-state index in [-0.39, 0.29) is 46.6 Å². The van der Waals surface area contributed by atoms with Crippen LogP contribution in [0.1, 0.15) is 37.1 Å². The van der Waals surface area contributed by atoms with Crippen molar-refractivity contribution in [2.45, 2.75) is 68.5 Å². The molecule has 2 amide bonds. The summed E-state index contributed by atoms with van der Waals surface area (Å²) in [6.07, 6.45) is 3.49. The van der Waals surface area contributed by atoms with Gasteiger partial charge in [0.1, 0.15) is 17.8 Å². The maximum atomic E-state index is 13.2. The zero-order chi connectivity index (χ0) is 28.8. The van der Waals surface area contributed by atoms with Gasteiger partial charge in [0.05, 0.1) is 18.4 Å². The summed E-state index contributed by atoms with van der Waals surface area (Å²) in [5.74, 6) is -3.38. The van der Waals surface area contributed by atoms with Gasteiger partial charge in [-0.1, -0.05) is 5.16 Å². The second-order valence-corrected chi connectivity index (χ2v) is 11.9. The number of nitrogens with one attached hydrogen (secondary N) is 2. The maximum absolute atomic E-state index is 13.2. The number of hydrogen-bond donors (Lipinski definition) is 6. The number of β-lactam (4-membered cyclic amide) rings is 1. The number of aromatic nitrogens is 4. The van der Waals surface area contributed by atoms with Crippen molar-refractivity contribution >= 4 is 50.3 Å². The Morgan fingerprint density at radius 3 is 2.62 bits per heavy atom. The molecular weight excluding hydrogens is 572 g/mol. The summed E-state index contributed by atoms with van der Waals surface area (Å²) in [5, 5.41) is 28.5. The zero-order valence-electron chi connectivity index (χ0n) is 20.7. The highest BCUT2D eigenvalue weighted by Crippen LogP contribution is 2.40. The van der Waals surface area contributed by atoms with Crippen LogP contribution in [0.25, 0.3) is 0 Å². The smallest absolute Gasteiger partial charge is 0.362 e. The van der Waals surface area contributed by atoms with E-state index in [1.165, 1.54) is 11.6 Å². The number of nitrogen functional groups attached to an aromatic ring is 1. The number of carbonyl (C=O) groups excluding carboxylic acids is 2. The Kier molecular flexibility index (Phi) is 7.20. The lowest BCUT2D eigenvalue weighted by molar-refractivity contribution is -0.153. The third-order valence-electron chi connectivity index (χ3n) is 6.77. The highest BCUT2D eigenvalue weighted by Gasteiger charge is 2.56. The molecule has 2 saturated carbocycles. The third-order valence-corrected chi connectivity index (χ3v) is 8.39. The summed E-state index contributed by atoms with van der Waals surface area (Å²) < 4.78 is 33.6. The maximum Gasteiger partial charge on any atom is 0.362 e. The molecule has 0 unspecified atom stereocenters. The average Bonchev–Trinajstić information content (AvgIpc) is 3.32. The lowest BCUT2D eigenvalue weighted by Gasteiger charge is -2.43. The first kappa shape index (κ1) is 27.8. The molecule has 3 heterocycles. The predicted octanol–water partition coefficient (Wildman–Crippen LogP) is -2.57. The first-order valence-electron chi connectivity index (χ1n) is 12.1. The molecule has 8 N–H and O–H groups in total. The zero-order valence-corrected chi connectivity index (χ0v) is 22.3. The summed E-state index contributed by atoms with van der Waals surface area (Å²) in [7, 11) is -4.98. The lowest BCUT2D eigenvalue weighted by Crippen LogP contribution is -2.73. The molecule has 3 aliphatic rings. The molecule has 3 fully saturated rings. The quantitative estimate of drug-likeness (QED) is 0.0634. The molecule has 1 saturated heterocycles. The van der Waals surface area contributed by atoms with Gasteiger partial charge < -0.3 is 32.0 Å². The molecule has 2 aromatic heterocycles. The normalized spacial score (nSPS) is 25.6. The topological polar surface area (TPSA) is 270 Å². The minimum Gasteiger partial charge on any atom is -0.478 e. The van der Waals surface area contributed by atoms with E-state index in [4.69, 9.17) is 16.3 Å². The summed E-state index contributed by atoms with van der Waals surface area (Å²) in [6.45, 7) is 0.0944. The first-order valence-corrected chi connectivity index (χ1v) is 14.3. The Bertz CT molecular complexity index is 1460. The molecule has 1 aliphatic heterocycles. The number of carboxylic acid groups (broad SMARTS) is 1. The first-order chi connectivity index (χ1) is 18.9. The fourth-order valence-corrected chi connectivity index (χ4v) is 5.71. The number of thiazole rings is 1. The average molecular weight is 599 g/mol. The van der Waals surface area contributed by atoms with Crippen LogP contribution >= 0.6 is 11.3 Å². The Hall–Kier alpha value is -3.72. The van der Waals surface area contributed by atoms with E-state index >= 15 is 0 Å². The molecule has 0 aromatic carbocycles. The molecule has 20 heteroatoms. The fraction of sp³-hybridized carbons (Fsp3) is 0.550. The summed E-state index contributed by atoms with van der Waals surface area (Å²) in [5.41, 5.74) is 9.88. The van der Waals surface area contributed by atoms with Crippen LogP contribution < -0.4 is 22.1 Å². The van der Waals surface area contributed by atoms with Crippen molar-refractivity contribution in [1.29, 1.82) is 0 Å². The Balaban J connectivity index is 1.31. The Labute approximate surface area is 230 Å².